The summed E-state index contributed by atoms with van der Waals surface area (Å²) < 4.78 is 24.1. The van der Waals surface area contributed by atoms with Crippen LogP contribution < -0.4 is 5.32 Å². The molecule has 18 heavy (non-hydrogen) atoms. The third-order valence-corrected chi connectivity index (χ3v) is 4.42. The molecule has 0 radical (unpaired) electrons. The molecule has 0 unspecified atom stereocenters. The topological polar surface area (TPSA) is 82.3 Å². The number of sulfonamides is 1. The van der Waals surface area contributed by atoms with Crippen molar-refractivity contribution < 1.29 is 13.2 Å². The lowest BCUT2D eigenvalue weighted by Gasteiger charge is -2.30. The SMILES string of the molecule is CS(=O)(=O)N1CCC(NC(=O)c2cc[nH]c2)CC1. The van der Waals surface area contributed by atoms with Gasteiger partial charge in [0.25, 0.3) is 5.91 Å². The van der Waals surface area contributed by atoms with Gasteiger partial charge in [-0.2, -0.15) is 0 Å². The number of nitrogens with zero attached hydrogens (tertiary/aromatic N) is 1. The monoisotopic (exact) mass is 271 g/mol. The largest absolute Gasteiger partial charge is 0.367 e. The van der Waals surface area contributed by atoms with E-state index in [9.17, 15) is 13.2 Å². The van der Waals surface area contributed by atoms with Crippen molar-refractivity contribution in [3.63, 3.8) is 0 Å². The number of rotatable bonds is 3. The van der Waals surface area contributed by atoms with Crippen LogP contribution >= 0.6 is 0 Å². The third-order valence-electron chi connectivity index (χ3n) is 3.12. The Morgan fingerprint density at radius 3 is 2.61 bits per heavy atom. The molecule has 1 aliphatic rings. The second kappa shape index (κ2) is 5.11. The predicted molar refractivity (Wildman–Crippen MR) is 67.7 cm³/mol. The summed E-state index contributed by atoms with van der Waals surface area (Å²) in [4.78, 5) is 14.6. The molecule has 0 saturated carbocycles. The molecule has 0 atom stereocenters. The fourth-order valence-electron chi connectivity index (χ4n) is 2.07. The highest BCUT2D eigenvalue weighted by atomic mass is 32.2. The standard InChI is InChI=1S/C11H17N3O3S/c1-18(16,17)14-6-3-10(4-7-14)13-11(15)9-2-5-12-8-9/h2,5,8,10,12H,3-4,6-7H2,1H3,(H,13,15). The summed E-state index contributed by atoms with van der Waals surface area (Å²) in [5, 5.41) is 2.91. The Hall–Kier alpha value is -1.34. The molecule has 1 amide bonds. The van der Waals surface area contributed by atoms with Crippen LogP contribution in [0.2, 0.25) is 0 Å². The molecule has 0 spiro atoms. The molecule has 0 aromatic carbocycles. The van der Waals surface area contributed by atoms with Gasteiger partial charge in [0.1, 0.15) is 0 Å². The number of aromatic amines is 1. The quantitative estimate of drug-likeness (QED) is 0.822. The van der Waals surface area contributed by atoms with Gasteiger partial charge in [-0.15, -0.1) is 0 Å². The summed E-state index contributed by atoms with van der Waals surface area (Å²) >= 11 is 0. The van der Waals surface area contributed by atoms with Crippen molar-refractivity contribution in [2.24, 2.45) is 0 Å². The number of H-pyrrole nitrogens is 1. The fourth-order valence-corrected chi connectivity index (χ4v) is 2.94. The van der Waals surface area contributed by atoms with Gasteiger partial charge in [0, 0.05) is 31.5 Å². The zero-order valence-corrected chi connectivity index (χ0v) is 11.0. The second-order valence-corrected chi connectivity index (χ2v) is 6.49. The summed E-state index contributed by atoms with van der Waals surface area (Å²) in [5.74, 6) is -0.117. The molecule has 1 aliphatic heterocycles. The number of carbonyl (C=O) groups excluding carboxylic acids is 1. The maximum absolute atomic E-state index is 11.8. The Labute approximate surface area is 106 Å². The van der Waals surface area contributed by atoms with Crippen LogP contribution in [-0.4, -0.2) is 49.0 Å². The zero-order valence-electron chi connectivity index (χ0n) is 10.2. The molecule has 100 valence electrons. The van der Waals surface area contributed by atoms with Crippen LogP contribution in [0.4, 0.5) is 0 Å². The first-order chi connectivity index (χ1) is 8.47. The van der Waals surface area contributed by atoms with E-state index in [0.29, 0.717) is 31.5 Å². The highest BCUT2D eigenvalue weighted by Gasteiger charge is 2.25. The normalized spacial score (nSPS) is 18.7. The lowest BCUT2D eigenvalue weighted by atomic mass is 10.1. The van der Waals surface area contributed by atoms with E-state index in [1.807, 2.05) is 0 Å². The molecule has 0 bridgehead atoms. The maximum Gasteiger partial charge on any atom is 0.253 e. The number of nitrogens with one attached hydrogen (secondary N) is 2. The van der Waals surface area contributed by atoms with E-state index >= 15 is 0 Å². The van der Waals surface area contributed by atoms with E-state index in [1.54, 1.807) is 18.5 Å². The molecule has 2 N–H and O–H groups in total. The first-order valence-corrected chi connectivity index (χ1v) is 7.70. The Morgan fingerprint density at radius 2 is 2.11 bits per heavy atom. The van der Waals surface area contributed by atoms with Gasteiger partial charge in [0.15, 0.2) is 0 Å². The summed E-state index contributed by atoms with van der Waals surface area (Å²) in [7, 11) is -3.11. The highest BCUT2D eigenvalue weighted by molar-refractivity contribution is 7.88. The van der Waals surface area contributed by atoms with Crippen LogP contribution in [0.1, 0.15) is 23.2 Å². The van der Waals surface area contributed by atoms with Crippen LogP contribution in [0, 0.1) is 0 Å². The summed E-state index contributed by atoms with van der Waals surface area (Å²) in [6, 6.07) is 1.76. The van der Waals surface area contributed by atoms with Crippen LogP contribution in [-0.2, 0) is 10.0 Å². The van der Waals surface area contributed by atoms with Gasteiger partial charge in [-0.3, -0.25) is 4.79 Å². The molecular formula is C11H17N3O3S. The average Bonchev–Trinajstić information content (AvgIpc) is 2.82. The first-order valence-electron chi connectivity index (χ1n) is 5.85. The average molecular weight is 271 g/mol. The van der Waals surface area contributed by atoms with Crippen LogP contribution in [0.3, 0.4) is 0 Å². The van der Waals surface area contributed by atoms with Gasteiger partial charge in [0.2, 0.25) is 10.0 Å². The summed E-state index contributed by atoms with van der Waals surface area (Å²) in [6.45, 7) is 0.938. The molecular weight excluding hydrogens is 254 g/mol. The smallest absolute Gasteiger partial charge is 0.253 e. The van der Waals surface area contributed by atoms with Crippen molar-refractivity contribution in [2.45, 2.75) is 18.9 Å². The second-order valence-electron chi connectivity index (χ2n) is 4.51. The van der Waals surface area contributed by atoms with Crippen molar-refractivity contribution in [3.05, 3.63) is 24.0 Å². The van der Waals surface area contributed by atoms with Crippen LogP contribution in [0.25, 0.3) is 0 Å². The Kier molecular flexibility index (Phi) is 3.72. The van der Waals surface area contributed by atoms with Crippen LogP contribution in [0.15, 0.2) is 18.5 Å². The van der Waals surface area contributed by atoms with Crippen molar-refractivity contribution in [1.82, 2.24) is 14.6 Å². The predicted octanol–water partition coefficient (Wildman–Crippen LogP) is 0.169. The zero-order chi connectivity index (χ0) is 13.2. The molecule has 1 fully saturated rings. The van der Waals surface area contributed by atoms with Gasteiger partial charge in [-0.05, 0) is 18.9 Å². The molecule has 0 aliphatic carbocycles. The Bertz CT molecular complexity index is 502. The van der Waals surface area contributed by atoms with E-state index in [-0.39, 0.29) is 11.9 Å². The molecule has 1 aromatic heterocycles. The third kappa shape index (κ3) is 3.11. The summed E-state index contributed by atoms with van der Waals surface area (Å²) in [5.41, 5.74) is 0.598. The van der Waals surface area contributed by atoms with E-state index in [4.69, 9.17) is 0 Å². The first kappa shape index (κ1) is 13.1. The summed E-state index contributed by atoms with van der Waals surface area (Å²) in [6.07, 6.45) is 5.86. The van der Waals surface area contributed by atoms with Gasteiger partial charge in [-0.1, -0.05) is 0 Å². The van der Waals surface area contributed by atoms with Crippen molar-refractivity contribution in [2.75, 3.05) is 19.3 Å². The van der Waals surface area contributed by atoms with Gasteiger partial charge in [-0.25, -0.2) is 12.7 Å². The van der Waals surface area contributed by atoms with Gasteiger partial charge in [0.05, 0.1) is 11.8 Å². The van der Waals surface area contributed by atoms with E-state index in [1.165, 1.54) is 10.6 Å². The molecule has 2 heterocycles. The number of hydrogen-bond acceptors (Lipinski definition) is 3. The van der Waals surface area contributed by atoms with E-state index < -0.39 is 10.0 Å². The minimum atomic E-state index is -3.11. The fraction of sp³-hybridized carbons (Fsp3) is 0.545. The lowest BCUT2D eigenvalue weighted by Crippen LogP contribution is -2.46. The molecule has 2 rings (SSSR count). The lowest BCUT2D eigenvalue weighted by molar-refractivity contribution is 0.0924. The number of hydrogen-bond donors (Lipinski definition) is 2. The van der Waals surface area contributed by atoms with Crippen molar-refractivity contribution >= 4 is 15.9 Å². The number of amides is 1. The Morgan fingerprint density at radius 1 is 1.44 bits per heavy atom. The molecule has 6 nitrogen and oxygen atoms in total. The van der Waals surface area contributed by atoms with Crippen molar-refractivity contribution in [1.29, 1.82) is 0 Å². The number of aromatic nitrogens is 1. The molecule has 1 aromatic rings. The van der Waals surface area contributed by atoms with Crippen molar-refractivity contribution in [3.8, 4) is 0 Å². The van der Waals surface area contributed by atoms with Gasteiger partial charge >= 0.3 is 0 Å². The highest BCUT2D eigenvalue weighted by Crippen LogP contribution is 2.13. The molecule has 1 saturated heterocycles. The van der Waals surface area contributed by atoms with Gasteiger partial charge < -0.3 is 10.3 Å². The maximum atomic E-state index is 11.8. The minimum Gasteiger partial charge on any atom is -0.367 e. The van der Waals surface area contributed by atoms with Crippen LogP contribution in [0.5, 0.6) is 0 Å². The van der Waals surface area contributed by atoms with E-state index in [2.05, 4.69) is 10.3 Å². The number of carbonyl (C=O) groups is 1. The Balaban J connectivity index is 1.86. The van der Waals surface area contributed by atoms with E-state index in [0.717, 1.165) is 0 Å². The number of piperidine rings is 1. The minimum absolute atomic E-state index is 0.0467. The molecule has 7 heteroatoms.